The molecule has 1 unspecified atom stereocenters. The molecule has 0 aromatic carbocycles. The van der Waals surface area contributed by atoms with Crippen LogP contribution in [-0.2, 0) is 11.2 Å². The molecule has 1 aromatic heterocycles. The number of hydrogen-bond donors (Lipinski definition) is 2. The van der Waals surface area contributed by atoms with Crippen LogP contribution in [0.5, 0.6) is 0 Å². The molecular formula is C15H27N3OS. The van der Waals surface area contributed by atoms with Crippen molar-refractivity contribution in [2.24, 2.45) is 10.9 Å². The van der Waals surface area contributed by atoms with Gasteiger partial charge in [-0.1, -0.05) is 13.0 Å². The lowest BCUT2D eigenvalue weighted by atomic mass is 10.1. The van der Waals surface area contributed by atoms with Gasteiger partial charge in [0.1, 0.15) is 0 Å². The maximum Gasteiger partial charge on any atom is 0.190 e. The fourth-order valence-corrected chi connectivity index (χ4v) is 2.73. The van der Waals surface area contributed by atoms with E-state index < -0.39 is 0 Å². The molecule has 0 bridgehead atoms. The molecule has 1 atom stereocenters. The standard InChI is InChI=1S/C15H27N3OS/c1-4-19-9-6-8-17-15(16-3)18-12-13(2)11-14-7-5-10-20-14/h5,7,10,13H,4,6,8-9,11-12H2,1-3H3,(H2,16,17,18). The van der Waals surface area contributed by atoms with Crippen molar-refractivity contribution in [3.05, 3.63) is 22.4 Å². The summed E-state index contributed by atoms with van der Waals surface area (Å²) >= 11 is 1.83. The predicted molar refractivity (Wildman–Crippen MR) is 87.7 cm³/mol. The SMILES string of the molecule is CCOCCCNC(=NC)NCC(C)Cc1cccs1. The monoisotopic (exact) mass is 297 g/mol. The second-order valence-corrected chi connectivity index (χ2v) is 5.85. The van der Waals surface area contributed by atoms with Crippen LogP contribution in [0.15, 0.2) is 22.5 Å². The highest BCUT2D eigenvalue weighted by Gasteiger charge is 2.05. The van der Waals surface area contributed by atoms with Crippen LogP contribution in [-0.4, -0.2) is 39.3 Å². The van der Waals surface area contributed by atoms with Gasteiger partial charge in [-0.15, -0.1) is 11.3 Å². The number of thiophene rings is 1. The van der Waals surface area contributed by atoms with E-state index in [1.54, 1.807) is 0 Å². The third-order valence-electron chi connectivity index (χ3n) is 2.93. The van der Waals surface area contributed by atoms with Crippen LogP contribution in [0.1, 0.15) is 25.1 Å². The fourth-order valence-electron chi connectivity index (χ4n) is 1.86. The maximum atomic E-state index is 5.31. The largest absolute Gasteiger partial charge is 0.382 e. The Bertz CT molecular complexity index is 365. The van der Waals surface area contributed by atoms with Crippen molar-refractivity contribution in [3.8, 4) is 0 Å². The van der Waals surface area contributed by atoms with Crippen LogP contribution < -0.4 is 10.6 Å². The normalized spacial score (nSPS) is 13.2. The van der Waals surface area contributed by atoms with E-state index in [2.05, 4.69) is 40.1 Å². The molecule has 1 rings (SSSR count). The van der Waals surface area contributed by atoms with Crippen molar-refractivity contribution < 1.29 is 4.74 Å². The van der Waals surface area contributed by atoms with E-state index in [1.165, 1.54) is 4.88 Å². The van der Waals surface area contributed by atoms with Gasteiger partial charge in [-0.2, -0.15) is 0 Å². The van der Waals surface area contributed by atoms with Gasteiger partial charge in [-0.05, 0) is 37.1 Å². The smallest absolute Gasteiger partial charge is 0.190 e. The van der Waals surface area contributed by atoms with Gasteiger partial charge in [0.2, 0.25) is 0 Å². The number of rotatable bonds is 9. The first kappa shape index (κ1) is 17.0. The lowest BCUT2D eigenvalue weighted by Gasteiger charge is -2.15. The number of nitrogens with one attached hydrogen (secondary N) is 2. The summed E-state index contributed by atoms with van der Waals surface area (Å²) < 4.78 is 5.31. The highest BCUT2D eigenvalue weighted by atomic mass is 32.1. The summed E-state index contributed by atoms with van der Waals surface area (Å²) in [5, 5.41) is 8.81. The number of aliphatic imine (C=N–C) groups is 1. The Hall–Kier alpha value is -1.07. The average molecular weight is 297 g/mol. The van der Waals surface area contributed by atoms with E-state index in [0.29, 0.717) is 5.92 Å². The Balaban J connectivity index is 2.14. The third kappa shape index (κ3) is 7.50. The predicted octanol–water partition coefficient (Wildman–Crippen LogP) is 2.52. The summed E-state index contributed by atoms with van der Waals surface area (Å²) in [7, 11) is 1.81. The minimum Gasteiger partial charge on any atom is -0.382 e. The number of guanidine groups is 1. The van der Waals surface area contributed by atoms with Gasteiger partial charge in [0, 0.05) is 38.2 Å². The molecule has 0 amide bonds. The number of nitrogens with zero attached hydrogens (tertiary/aromatic N) is 1. The molecule has 2 N–H and O–H groups in total. The van der Waals surface area contributed by atoms with Crippen LogP contribution in [0, 0.1) is 5.92 Å². The van der Waals surface area contributed by atoms with Gasteiger partial charge in [0.15, 0.2) is 5.96 Å². The fraction of sp³-hybridized carbons (Fsp3) is 0.667. The zero-order chi connectivity index (χ0) is 14.6. The summed E-state index contributed by atoms with van der Waals surface area (Å²) in [4.78, 5) is 5.67. The molecule has 0 saturated carbocycles. The van der Waals surface area contributed by atoms with Crippen LogP contribution in [0.25, 0.3) is 0 Å². The van der Waals surface area contributed by atoms with Gasteiger partial charge in [-0.3, -0.25) is 4.99 Å². The quantitative estimate of drug-likeness (QED) is 0.418. The van der Waals surface area contributed by atoms with Crippen LogP contribution in [0.3, 0.4) is 0 Å². The molecule has 0 aliphatic heterocycles. The Morgan fingerprint density at radius 3 is 2.95 bits per heavy atom. The van der Waals surface area contributed by atoms with Gasteiger partial charge in [0.25, 0.3) is 0 Å². The molecular weight excluding hydrogens is 270 g/mol. The molecule has 5 heteroatoms. The van der Waals surface area contributed by atoms with Crippen LogP contribution >= 0.6 is 11.3 Å². The topological polar surface area (TPSA) is 45.6 Å². The van der Waals surface area contributed by atoms with E-state index in [-0.39, 0.29) is 0 Å². The van der Waals surface area contributed by atoms with Crippen molar-refractivity contribution in [2.45, 2.75) is 26.7 Å². The van der Waals surface area contributed by atoms with Crippen molar-refractivity contribution in [1.29, 1.82) is 0 Å². The highest BCUT2D eigenvalue weighted by Crippen LogP contribution is 2.13. The van der Waals surface area contributed by atoms with E-state index in [9.17, 15) is 0 Å². The zero-order valence-corrected chi connectivity index (χ0v) is 13.6. The van der Waals surface area contributed by atoms with Crippen molar-refractivity contribution in [3.63, 3.8) is 0 Å². The highest BCUT2D eigenvalue weighted by molar-refractivity contribution is 7.09. The zero-order valence-electron chi connectivity index (χ0n) is 12.8. The van der Waals surface area contributed by atoms with Crippen molar-refractivity contribution >= 4 is 17.3 Å². The molecule has 20 heavy (non-hydrogen) atoms. The Kier molecular flexibility index (Phi) is 9.07. The molecule has 0 aliphatic carbocycles. The Morgan fingerprint density at radius 1 is 1.45 bits per heavy atom. The number of ether oxygens (including phenoxy) is 1. The third-order valence-corrected chi connectivity index (χ3v) is 3.83. The lowest BCUT2D eigenvalue weighted by Crippen LogP contribution is -2.40. The van der Waals surface area contributed by atoms with E-state index in [0.717, 1.165) is 45.1 Å². The van der Waals surface area contributed by atoms with Crippen LogP contribution in [0.4, 0.5) is 0 Å². The first-order valence-corrected chi connectivity index (χ1v) is 8.18. The van der Waals surface area contributed by atoms with Gasteiger partial charge >= 0.3 is 0 Å². The molecule has 1 heterocycles. The molecule has 0 saturated heterocycles. The first-order chi connectivity index (χ1) is 9.76. The first-order valence-electron chi connectivity index (χ1n) is 7.30. The van der Waals surface area contributed by atoms with Gasteiger partial charge in [0.05, 0.1) is 0 Å². The second kappa shape index (κ2) is 10.7. The molecule has 0 fully saturated rings. The second-order valence-electron chi connectivity index (χ2n) is 4.82. The summed E-state index contributed by atoms with van der Waals surface area (Å²) in [5.41, 5.74) is 0. The van der Waals surface area contributed by atoms with Gasteiger partial charge in [-0.25, -0.2) is 0 Å². The minimum absolute atomic E-state index is 0.593. The van der Waals surface area contributed by atoms with Crippen LogP contribution in [0.2, 0.25) is 0 Å². The molecule has 0 radical (unpaired) electrons. The molecule has 4 nitrogen and oxygen atoms in total. The maximum absolute atomic E-state index is 5.31. The lowest BCUT2D eigenvalue weighted by molar-refractivity contribution is 0.145. The van der Waals surface area contributed by atoms with Crippen molar-refractivity contribution in [1.82, 2.24) is 10.6 Å². The summed E-state index contributed by atoms with van der Waals surface area (Å²) in [6.07, 6.45) is 2.12. The Morgan fingerprint density at radius 2 is 2.30 bits per heavy atom. The Labute approximate surface area is 126 Å². The van der Waals surface area contributed by atoms with E-state index in [4.69, 9.17) is 4.74 Å². The minimum atomic E-state index is 0.593. The summed E-state index contributed by atoms with van der Waals surface area (Å²) in [6.45, 7) is 7.68. The average Bonchev–Trinajstić information content (AvgIpc) is 2.94. The summed E-state index contributed by atoms with van der Waals surface area (Å²) in [5.74, 6) is 1.47. The summed E-state index contributed by atoms with van der Waals surface area (Å²) in [6, 6.07) is 4.31. The molecule has 0 spiro atoms. The van der Waals surface area contributed by atoms with E-state index >= 15 is 0 Å². The molecule has 0 aliphatic rings. The molecule has 114 valence electrons. The molecule has 1 aromatic rings. The van der Waals surface area contributed by atoms with Crippen molar-refractivity contribution in [2.75, 3.05) is 33.4 Å². The van der Waals surface area contributed by atoms with Gasteiger partial charge < -0.3 is 15.4 Å². The van der Waals surface area contributed by atoms with E-state index in [1.807, 2.05) is 25.3 Å². The number of hydrogen-bond acceptors (Lipinski definition) is 3.